The monoisotopic (exact) mass is 159 g/mol. The number of rotatable bonds is 3. The summed E-state index contributed by atoms with van der Waals surface area (Å²) in [6, 6.07) is 0. The fourth-order valence-corrected chi connectivity index (χ4v) is 0.817. The Bertz CT molecular complexity index is 101. The number of hydrogen-bond acceptors (Lipinski definition) is 2. The van der Waals surface area contributed by atoms with Crippen LogP contribution in [0.1, 0.15) is 0 Å². The van der Waals surface area contributed by atoms with E-state index in [4.69, 9.17) is 21.6 Å². The van der Waals surface area contributed by atoms with Crippen molar-refractivity contribution in [1.82, 2.24) is 4.84 Å². The topological polar surface area (TPSA) is 69.6 Å². The quantitative estimate of drug-likeness (QED) is 0.398. The van der Waals surface area contributed by atoms with Crippen LogP contribution in [0, 0.1) is 0 Å². The van der Waals surface area contributed by atoms with Gasteiger partial charge in [0.25, 0.3) is 0 Å². The zero-order valence-corrected chi connectivity index (χ0v) is 5.69. The molecular formula is C2H7ClNO3P. The second-order valence-corrected chi connectivity index (χ2v) is 3.32. The van der Waals surface area contributed by atoms with Crippen LogP contribution in [-0.2, 0) is 4.57 Å². The van der Waals surface area contributed by atoms with Gasteiger partial charge in [0, 0.05) is 6.54 Å². The molecule has 0 aliphatic rings. The van der Waals surface area contributed by atoms with Gasteiger partial charge in [0.15, 0.2) is 0 Å². The van der Waals surface area contributed by atoms with E-state index < -0.39 is 7.60 Å². The summed E-state index contributed by atoms with van der Waals surface area (Å²) in [5, 5.41) is 0. The zero-order chi connectivity index (χ0) is 6.62. The number of halogens is 1. The molecule has 4 nitrogen and oxygen atoms in total. The van der Waals surface area contributed by atoms with Gasteiger partial charge in [-0.25, -0.2) is 4.84 Å². The van der Waals surface area contributed by atoms with Crippen LogP contribution in [0.2, 0.25) is 0 Å². The van der Waals surface area contributed by atoms with Crippen LogP contribution in [0.5, 0.6) is 0 Å². The first-order valence-electron chi connectivity index (χ1n) is 1.94. The SMILES string of the molecule is O=P(O)(O)CCNCl. The summed E-state index contributed by atoms with van der Waals surface area (Å²) in [7, 11) is -3.83. The molecule has 0 aromatic carbocycles. The van der Waals surface area contributed by atoms with E-state index >= 15 is 0 Å². The fourth-order valence-electron chi connectivity index (χ4n) is 0.188. The van der Waals surface area contributed by atoms with Crippen molar-refractivity contribution in [3.8, 4) is 0 Å². The molecule has 0 amide bonds. The highest BCUT2D eigenvalue weighted by Gasteiger charge is 2.10. The Hall–Kier alpha value is 0.400. The number of hydrogen-bond donors (Lipinski definition) is 3. The maximum absolute atomic E-state index is 9.99. The minimum Gasteiger partial charge on any atom is -0.324 e. The van der Waals surface area contributed by atoms with Crippen molar-refractivity contribution >= 4 is 19.4 Å². The van der Waals surface area contributed by atoms with Crippen LogP contribution >= 0.6 is 19.4 Å². The predicted molar refractivity (Wildman–Crippen MR) is 30.8 cm³/mol. The molecule has 6 heteroatoms. The summed E-state index contributed by atoms with van der Waals surface area (Å²) in [4.78, 5) is 18.4. The van der Waals surface area contributed by atoms with Crippen molar-refractivity contribution in [2.24, 2.45) is 0 Å². The van der Waals surface area contributed by atoms with Gasteiger partial charge in [-0.3, -0.25) is 4.57 Å². The van der Waals surface area contributed by atoms with Crippen LogP contribution in [0.4, 0.5) is 0 Å². The van der Waals surface area contributed by atoms with Crippen molar-refractivity contribution in [2.45, 2.75) is 0 Å². The Kier molecular flexibility index (Phi) is 3.60. The summed E-state index contributed by atoms with van der Waals surface area (Å²) in [6.45, 7) is 0.131. The highest BCUT2D eigenvalue weighted by molar-refractivity contribution is 7.51. The lowest BCUT2D eigenvalue weighted by molar-refractivity contribution is 0.373. The zero-order valence-electron chi connectivity index (χ0n) is 4.04. The van der Waals surface area contributed by atoms with E-state index in [1.54, 1.807) is 0 Å². The third-order valence-corrected chi connectivity index (χ3v) is 1.49. The summed E-state index contributed by atoms with van der Waals surface area (Å²) in [6.07, 6.45) is -0.212. The lowest BCUT2D eigenvalue weighted by Gasteiger charge is -1.99. The third-order valence-electron chi connectivity index (χ3n) is 0.498. The van der Waals surface area contributed by atoms with Gasteiger partial charge in [-0.05, 0) is 11.8 Å². The fraction of sp³-hybridized carbons (Fsp3) is 1.00. The summed E-state index contributed by atoms with van der Waals surface area (Å²) < 4.78 is 9.99. The molecule has 0 aromatic heterocycles. The minimum absolute atomic E-state index is 0.131. The van der Waals surface area contributed by atoms with Crippen molar-refractivity contribution in [2.75, 3.05) is 12.7 Å². The van der Waals surface area contributed by atoms with E-state index in [1.807, 2.05) is 0 Å². The molecule has 0 bridgehead atoms. The first-order valence-corrected chi connectivity index (χ1v) is 4.12. The van der Waals surface area contributed by atoms with Crippen molar-refractivity contribution < 1.29 is 14.4 Å². The standard InChI is InChI=1S/C2H7ClNO3P/c3-4-1-2-8(5,6)7/h4H,1-2H2,(H2,5,6,7). The molecule has 3 N–H and O–H groups in total. The Balaban J connectivity index is 3.26. The molecule has 0 atom stereocenters. The molecule has 50 valence electrons. The number of nitrogens with one attached hydrogen (secondary N) is 1. The molecule has 0 aliphatic heterocycles. The average molecular weight is 160 g/mol. The van der Waals surface area contributed by atoms with Gasteiger partial charge in [0.05, 0.1) is 6.16 Å². The molecule has 8 heavy (non-hydrogen) atoms. The summed E-state index contributed by atoms with van der Waals surface area (Å²) >= 11 is 4.91. The molecular weight excluding hydrogens is 152 g/mol. The van der Waals surface area contributed by atoms with Gasteiger partial charge >= 0.3 is 7.60 Å². The van der Waals surface area contributed by atoms with Gasteiger partial charge < -0.3 is 9.79 Å². The van der Waals surface area contributed by atoms with E-state index in [2.05, 4.69) is 4.84 Å². The highest BCUT2D eigenvalue weighted by atomic mass is 35.5. The largest absolute Gasteiger partial charge is 0.326 e. The Morgan fingerprint density at radius 3 is 2.25 bits per heavy atom. The van der Waals surface area contributed by atoms with Crippen LogP contribution in [-0.4, -0.2) is 22.5 Å². The average Bonchev–Trinajstić information content (AvgIpc) is 1.59. The maximum Gasteiger partial charge on any atom is 0.326 e. The smallest absolute Gasteiger partial charge is 0.324 e. The second kappa shape index (κ2) is 3.43. The highest BCUT2D eigenvalue weighted by Crippen LogP contribution is 2.32. The van der Waals surface area contributed by atoms with E-state index in [-0.39, 0.29) is 12.7 Å². The summed E-state index contributed by atoms with van der Waals surface area (Å²) in [5.74, 6) is 0. The van der Waals surface area contributed by atoms with Crippen molar-refractivity contribution in [3.05, 3.63) is 0 Å². The Morgan fingerprint density at radius 2 is 2.12 bits per heavy atom. The van der Waals surface area contributed by atoms with Crippen LogP contribution in [0.3, 0.4) is 0 Å². The van der Waals surface area contributed by atoms with Gasteiger partial charge in [0.2, 0.25) is 0 Å². The van der Waals surface area contributed by atoms with Gasteiger partial charge in [-0.2, -0.15) is 0 Å². The maximum atomic E-state index is 9.99. The van der Waals surface area contributed by atoms with E-state index in [0.29, 0.717) is 0 Å². The summed E-state index contributed by atoms with van der Waals surface area (Å²) in [5.41, 5.74) is 0. The molecule has 0 unspecified atom stereocenters. The molecule has 0 heterocycles. The molecule has 0 saturated heterocycles. The van der Waals surface area contributed by atoms with E-state index in [1.165, 1.54) is 0 Å². The van der Waals surface area contributed by atoms with Crippen LogP contribution < -0.4 is 4.84 Å². The molecule has 0 spiro atoms. The first kappa shape index (κ1) is 8.40. The van der Waals surface area contributed by atoms with Crippen LogP contribution in [0.25, 0.3) is 0 Å². The van der Waals surface area contributed by atoms with Gasteiger partial charge in [-0.15, -0.1) is 0 Å². The Labute approximate surface area is 52.1 Å². The van der Waals surface area contributed by atoms with Gasteiger partial charge in [-0.1, -0.05) is 0 Å². The molecule has 0 rings (SSSR count). The molecule has 0 saturated carbocycles. The lowest BCUT2D eigenvalue weighted by atomic mass is 10.8. The van der Waals surface area contributed by atoms with Gasteiger partial charge in [0.1, 0.15) is 0 Å². The van der Waals surface area contributed by atoms with Crippen molar-refractivity contribution in [1.29, 1.82) is 0 Å². The van der Waals surface area contributed by atoms with E-state index in [9.17, 15) is 4.57 Å². The first-order chi connectivity index (χ1) is 3.56. The van der Waals surface area contributed by atoms with E-state index in [0.717, 1.165) is 0 Å². The van der Waals surface area contributed by atoms with Crippen molar-refractivity contribution in [3.63, 3.8) is 0 Å². The molecule has 0 fully saturated rings. The minimum atomic E-state index is -3.83. The predicted octanol–water partition coefficient (Wildman–Crippen LogP) is -0.0925. The third kappa shape index (κ3) is 6.40. The second-order valence-electron chi connectivity index (χ2n) is 1.27. The Morgan fingerprint density at radius 1 is 1.62 bits per heavy atom. The van der Waals surface area contributed by atoms with Crippen LogP contribution in [0.15, 0.2) is 0 Å². The normalized spacial score (nSPS) is 11.9. The molecule has 0 aliphatic carbocycles. The molecule has 0 radical (unpaired) electrons. The lowest BCUT2D eigenvalue weighted by Crippen LogP contribution is -2.06. The molecule has 0 aromatic rings.